The first kappa shape index (κ1) is 17.6. The minimum absolute atomic E-state index is 0.132. The van der Waals surface area contributed by atoms with Gasteiger partial charge in [-0.15, -0.1) is 0 Å². The molecule has 0 aromatic rings. The van der Waals surface area contributed by atoms with Crippen LogP contribution < -0.4 is 5.32 Å². The fourth-order valence-electron chi connectivity index (χ4n) is 6.43. The summed E-state index contributed by atoms with van der Waals surface area (Å²) >= 11 is 0. The molecule has 4 heteroatoms. The molecular formula is C21H36N2O2. The van der Waals surface area contributed by atoms with E-state index in [1.54, 1.807) is 0 Å². The lowest BCUT2D eigenvalue weighted by Gasteiger charge is -2.55. The average Bonchev–Trinajstić information content (AvgIpc) is 3.04. The monoisotopic (exact) mass is 348 g/mol. The molecule has 5 rings (SSSR count). The first-order valence-corrected chi connectivity index (χ1v) is 10.8. The zero-order valence-electron chi connectivity index (χ0n) is 16.1. The molecule has 4 saturated carbocycles. The minimum atomic E-state index is -0.147. The summed E-state index contributed by atoms with van der Waals surface area (Å²) in [5.74, 6) is 2.93. The Morgan fingerprint density at radius 2 is 1.68 bits per heavy atom. The van der Waals surface area contributed by atoms with E-state index in [1.165, 1.54) is 45.2 Å². The summed E-state index contributed by atoms with van der Waals surface area (Å²) < 4.78 is 6.17. The normalized spacial score (nSPS) is 39.4. The van der Waals surface area contributed by atoms with Crippen LogP contribution in [-0.4, -0.2) is 42.3 Å². The molecule has 0 radical (unpaired) electrons. The molecule has 1 N–H and O–H groups in total. The topological polar surface area (TPSA) is 41.6 Å². The van der Waals surface area contributed by atoms with Gasteiger partial charge in [0.15, 0.2) is 0 Å². The second kappa shape index (κ2) is 7.09. The summed E-state index contributed by atoms with van der Waals surface area (Å²) in [5, 5.41) is 3.27. The Labute approximate surface area is 153 Å². The van der Waals surface area contributed by atoms with E-state index in [0.717, 1.165) is 50.0 Å². The van der Waals surface area contributed by atoms with E-state index in [-0.39, 0.29) is 17.7 Å². The zero-order valence-corrected chi connectivity index (χ0v) is 16.1. The van der Waals surface area contributed by atoms with E-state index >= 15 is 0 Å². The number of hydrogen-bond acceptors (Lipinski definition) is 3. The van der Waals surface area contributed by atoms with Crippen LogP contribution in [0.4, 0.5) is 4.79 Å². The lowest BCUT2D eigenvalue weighted by atomic mass is 9.54. The number of amides is 1. The summed E-state index contributed by atoms with van der Waals surface area (Å²) in [6, 6.07) is 0.213. The van der Waals surface area contributed by atoms with E-state index in [4.69, 9.17) is 4.74 Å². The Morgan fingerprint density at radius 3 is 2.20 bits per heavy atom. The fourth-order valence-corrected chi connectivity index (χ4v) is 6.43. The average molecular weight is 349 g/mol. The molecule has 1 amide bonds. The van der Waals surface area contributed by atoms with Crippen molar-refractivity contribution in [1.82, 2.24) is 10.2 Å². The van der Waals surface area contributed by atoms with E-state index < -0.39 is 0 Å². The molecule has 1 heterocycles. The van der Waals surface area contributed by atoms with Crippen LogP contribution in [0.5, 0.6) is 0 Å². The van der Waals surface area contributed by atoms with Gasteiger partial charge in [0.1, 0.15) is 5.60 Å². The molecule has 1 saturated heterocycles. The summed E-state index contributed by atoms with van der Waals surface area (Å²) in [4.78, 5) is 15.3. The Kier molecular flexibility index (Phi) is 5.00. The summed E-state index contributed by atoms with van der Waals surface area (Å²) in [6.07, 6.45) is 11.0. The number of nitrogens with zero attached hydrogens (tertiary/aromatic N) is 1. The second-order valence-corrected chi connectivity index (χ2v) is 9.63. The van der Waals surface area contributed by atoms with Crippen molar-refractivity contribution < 1.29 is 9.53 Å². The van der Waals surface area contributed by atoms with Crippen LogP contribution in [0.1, 0.15) is 71.6 Å². The summed E-state index contributed by atoms with van der Waals surface area (Å²) in [7, 11) is 0. The van der Waals surface area contributed by atoms with E-state index in [0.29, 0.717) is 5.92 Å². The number of alkyl carbamates (subject to hydrolysis) is 1. The second-order valence-electron chi connectivity index (χ2n) is 9.63. The van der Waals surface area contributed by atoms with Crippen LogP contribution in [-0.2, 0) is 4.74 Å². The third-order valence-electron chi connectivity index (χ3n) is 7.58. The number of carbonyl (C=O) groups excluding carboxylic acids is 1. The zero-order chi connectivity index (χ0) is 17.4. The van der Waals surface area contributed by atoms with E-state index in [9.17, 15) is 4.79 Å². The Balaban J connectivity index is 1.36. The molecule has 0 spiro atoms. The van der Waals surface area contributed by atoms with Gasteiger partial charge in [0, 0.05) is 12.6 Å². The number of nitrogens with one attached hydrogen (secondary N) is 1. The molecule has 5 fully saturated rings. The molecule has 4 aliphatic carbocycles. The van der Waals surface area contributed by atoms with Gasteiger partial charge in [-0.2, -0.15) is 0 Å². The fraction of sp³-hybridized carbons (Fsp3) is 0.952. The van der Waals surface area contributed by atoms with Gasteiger partial charge in [-0.25, -0.2) is 4.79 Å². The molecule has 0 unspecified atom stereocenters. The number of likely N-dealkylation sites (tertiary alicyclic amines) is 1. The van der Waals surface area contributed by atoms with Gasteiger partial charge in [-0.1, -0.05) is 20.3 Å². The number of carbonyl (C=O) groups is 1. The van der Waals surface area contributed by atoms with Crippen LogP contribution in [0, 0.1) is 23.7 Å². The molecule has 4 bridgehead atoms. The maximum atomic E-state index is 12.8. The maximum absolute atomic E-state index is 12.8. The molecule has 1 aliphatic heterocycles. The largest absolute Gasteiger partial charge is 0.443 e. The molecule has 0 aromatic heterocycles. The first-order valence-electron chi connectivity index (χ1n) is 10.8. The van der Waals surface area contributed by atoms with Crippen LogP contribution >= 0.6 is 0 Å². The molecule has 0 aromatic carbocycles. The van der Waals surface area contributed by atoms with Crippen molar-refractivity contribution in [3.05, 3.63) is 0 Å². The van der Waals surface area contributed by atoms with Gasteiger partial charge >= 0.3 is 6.09 Å². The molecular weight excluding hydrogens is 312 g/mol. The smallest absolute Gasteiger partial charge is 0.407 e. The van der Waals surface area contributed by atoms with Gasteiger partial charge in [0.2, 0.25) is 0 Å². The predicted octanol–water partition coefficient (Wildman–Crippen LogP) is 4.19. The Morgan fingerprint density at radius 1 is 1.12 bits per heavy atom. The van der Waals surface area contributed by atoms with Gasteiger partial charge in [0.25, 0.3) is 0 Å². The van der Waals surface area contributed by atoms with Crippen molar-refractivity contribution in [3.8, 4) is 0 Å². The van der Waals surface area contributed by atoms with Crippen LogP contribution in [0.15, 0.2) is 0 Å². The van der Waals surface area contributed by atoms with Crippen molar-refractivity contribution in [2.45, 2.75) is 83.3 Å². The van der Waals surface area contributed by atoms with Gasteiger partial charge < -0.3 is 15.0 Å². The highest BCUT2D eigenvalue weighted by Gasteiger charge is 2.53. The quantitative estimate of drug-likeness (QED) is 0.782. The lowest BCUT2D eigenvalue weighted by molar-refractivity contribution is -0.128. The predicted molar refractivity (Wildman–Crippen MR) is 99.4 cm³/mol. The number of hydrogen-bond donors (Lipinski definition) is 1. The standard InChI is InChI=1S/C21H36N2O2/c1-3-15(2)19(14-23-6-4-5-7-23)22-20(24)25-21-11-16-8-17(12-21)10-18(9-16)13-21/h15-19H,3-14H2,1-2H3,(H,22,24)/t15-,16?,17?,18?,19+,21?/m0/s1. The molecule has 5 aliphatic rings. The molecule has 2 atom stereocenters. The van der Waals surface area contributed by atoms with Crippen molar-refractivity contribution >= 4 is 6.09 Å². The highest BCUT2D eigenvalue weighted by atomic mass is 16.6. The maximum Gasteiger partial charge on any atom is 0.407 e. The first-order chi connectivity index (χ1) is 12.0. The molecule has 4 nitrogen and oxygen atoms in total. The van der Waals surface area contributed by atoms with Crippen molar-refractivity contribution in [2.75, 3.05) is 19.6 Å². The van der Waals surface area contributed by atoms with Gasteiger partial charge in [-0.05, 0) is 88.1 Å². The van der Waals surface area contributed by atoms with Crippen molar-refractivity contribution in [2.24, 2.45) is 23.7 Å². The third-order valence-corrected chi connectivity index (χ3v) is 7.58. The van der Waals surface area contributed by atoms with Crippen LogP contribution in [0.25, 0.3) is 0 Å². The Hall–Kier alpha value is -0.770. The summed E-state index contributed by atoms with van der Waals surface area (Å²) in [6.45, 7) is 7.81. The minimum Gasteiger partial charge on any atom is -0.443 e. The Bertz CT molecular complexity index is 451. The van der Waals surface area contributed by atoms with E-state index in [2.05, 4.69) is 24.1 Å². The van der Waals surface area contributed by atoms with Crippen molar-refractivity contribution in [3.63, 3.8) is 0 Å². The van der Waals surface area contributed by atoms with Crippen LogP contribution in [0.3, 0.4) is 0 Å². The van der Waals surface area contributed by atoms with Crippen molar-refractivity contribution in [1.29, 1.82) is 0 Å². The third kappa shape index (κ3) is 3.84. The summed E-state index contributed by atoms with van der Waals surface area (Å²) in [5.41, 5.74) is -0.132. The molecule has 142 valence electrons. The van der Waals surface area contributed by atoms with E-state index in [1.807, 2.05) is 0 Å². The van der Waals surface area contributed by atoms with Crippen LogP contribution in [0.2, 0.25) is 0 Å². The van der Waals surface area contributed by atoms with Gasteiger partial charge in [-0.3, -0.25) is 0 Å². The highest BCUT2D eigenvalue weighted by molar-refractivity contribution is 5.68. The van der Waals surface area contributed by atoms with Gasteiger partial charge in [0.05, 0.1) is 0 Å². The number of rotatable bonds is 6. The highest BCUT2D eigenvalue weighted by Crippen LogP contribution is 2.57. The lowest BCUT2D eigenvalue weighted by Crippen LogP contribution is -2.55. The SMILES string of the molecule is CC[C@H](C)[C@@H](CN1CCCC1)NC(=O)OC12CC3CC(CC(C3)C1)C2. The number of ether oxygens (including phenoxy) is 1. The molecule has 25 heavy (non-hydrogen) atoms.